The molecule has 21 heavy (non-hydrogen) atoms. The maximum Gasteiger partial charge on any atom is 0.320 e. The summed E-state index contributed by atoms with van der Waals surface area (Å²) in [5.74, 6) is -0.197. The minimum Gasteiger partial charge on any atom is -0.492 e. The molecule has 0 aliphatic carbocycles. The van der Waals surface area contributed by atoms with Gasteiger partial charge in [0.25, 0.3) is 0 Å². The number of morpholine rings is 1. The highest BCUT2D eigenvalue weighted by atomic mass is 16.5. The van der Waals surface area contributed by atoms with Gasteiger partial charge >= 0.3 is 5.97 Å². The lowest BCUT2D eigenvalue weighted by atomic mass is 10.1. The Morgan fingerprint density at radius 3 is 2.62 bits per heavy atom. The first-order valence-electron chi connectivity index (χ1n) is 7.15. The molecule has 1 fully saturated rings. The number of carboxylic acids is 1. The monoisotopic (exact) mass is 294 g/mol. The van der Waals surface area contributed by atoms with Crippen molar-refractivity contribution in [3.8, 4) is 5.75 Å². The van der Waals surface area contributed by atoms with Crippen molar-refractivity contribution in [2.24, 2.45) is 5.73 Å². The summed E-state index contributed by atoms with van der Waals surface area (Å²) in [5, 5.41) is 8.77. The number of hydrogen-bond donors (Lipinski definition) is 2. The fraction of sp³-hybridized carbons (Fsp3) is 0.533. The molecule has 6 heteroatoms. The summed E-state index contributed by atoms with van der Waals surface area (Å²) in [6.07, 6.45) is 0.323. The lowest BCUT2D eigenvalue weighted by molar-refractivity contribution is -0.138. The number of nitrogens with two attached hydrogens (primary N) is 1. The van der Waals surface area contributed by atoms with Gasteiger partial charge in [-0.2, -0.15) is 0 Å². The summed E-state index contributed by atoms with van der Waals surface area (Å²) in [6.45, 7) is 5.00. The second kappa shape index (κ2) is 7.97. The van der Waals surface area contributed by atoms with Gasteiger partial charge in [0.2, 0.25) is 0 Å². The third-order valence-corrected chi connectivity index (χ3v) is 3.48. The van der Waals surface area contributed by atoms with E-state index in [1.807, 2.05) is 24.3 Å². The van der Waals surface area contributed by atoms with Crippen LogP contribution in [0.2, 0.25) is 0 Å². The molecule has 1 aromatic rings. The van der Waals surface area contributed by atoms with Gasteiger partial charge in [-0.05, 0) is 24.1 Å². The zero-order valence-corrected chi connectivity index (χ0v) is 12.0. The highest BCUT2D eigenvalue weighted by Gasteiger charge is 2.12. The van der Waals surface area contributed by atoms with Crippen molar-refractivity contribution in [3.63, 3.8) is 0 Å². The van der Waals surface area contributed by atoms with Crippen LogP contribution in [0.4, 0.5) is 0 Å². The molecule has 1 aliphatic heterocycles. The van der Waals surface area contributed by atoms with Gasteiger partial charge in [0.05, 0.1) is 13.2 Å². The van der Waals surface area contributed by atoms with Crippen LogP contribution in [0.15, 0.2) is 24.3 Å². The topological polar surface area (TPSA) is 85.0 Å². The maximum atomic E-state index is 10.7. The minimum absolute atomic E-state index is 0.323. The Bertz CT molecular complexity index is 443. The number of ether oxygens (including phenoxy) is 2. The zero-order valence-electron chi connectivity index (χ0n) is 12.0. The summed E-state index contributed by atoms with van der Waals surface area (Å²) in [6, 6.07) is 6.55. The van der Waals surface area contributed by atoms with Gasteiger partial charge in [-0.1, -0.05) is 12.1 Å². The van der Waals surface area contributed by atoms with Gasteiger partial charge in [-0.25, -0.2) is 0 Å². The fourth-order valence-corrected chi connectivity index (χ4v) is 2.18. The fourth-order valence-electron chi connectivity index (χ4n) is 2.18. The predicted octanol–water partition coefficient (Wildman–Crippen LogP) is 0.352. The van der Waals surface area contributed by atoms with E-state index in [1.54, 1.807) is 0 Å². The van der Waals surface area contributed by atoms with Crippen LogP contribution in [-0.2, 0) is 16.0 Å². The number of carboxylic acid groups (broad SMARTS) is 1. The van der Waals surface area contributed by atoms with E-state index in [0.717, 1.165) is 44.2 Å². The van der Waals surface area contributed by atoms with Crippen LogP contribution in [0, 0.1) is 0 Å². The molecule has 0 unspecified atom stereocenters. The quantitative estimate of drug-likeness (QED) is 0.755. The summed E-state index contributed by atoms with van der Waals surface area (Å²) >= 11 is 0. The molecule has 1 heterocycles. The van der Waals surface area contributed by atoms with Crippen molar-refractivity contribution in [3.05, 3.63) is 29.8 Å². The molecule has 0 spiro atoms. The third-order valence-electron chi connectivity index (χ3n) is 3.48. The second-order valence-electron chi connectivity index (χ2n) is 5.10. The molecule has 2 rings (SSSR count). The van der Waals surface area contributed by atoms with Crippen molar-refractivity contribution in [2.45, 2.75) is 12.5 Å². The molecule has 0 radical (unpaired) electrons. The van der Waals surface area contributed by atoms with E-state index in [0.29, 0.717) is 13.0 Å². The van der Waals surface area contributed by atoms with Gasteiger partial charge < -0.3 is 20.3 Å². The largest absolute Gasteiger partial charge is 0.492 e. The van der Waals surface area contributed by atoms with Crippen molar-refractivity contribution in [2.75, 3.05) is 39.5 Å². The van der Waals surface area contributed by atoms with Gasteiger partial charge in [-0.15, -0.1) is 0 Å². The Hall–Kier alpha value is -1.63. The molecule has 1 saturated heterocycles. The van der Waals surface area contributed by atoms with Crippen LogP contribution in [0.25, 0.3) is 0 Å². The number of hydrogen-bond acceptors (Lipinski definition) is 5. The van der Waals surface area contributed by atoms with Crippen molar-refractivity contribution >= 4 is 5.97 Å². The Balaban J connectivity index is 1.73. The van der Waals surface area contributed by atoms with Gasteiger partial charge in [0, 0.05) is 19.6 Å². The smallest absolute Gasteiger partial charge is 0.320 e. The molecular weight excluding hydrogens is 272 g/mol. The summed E-state index contributed by atoms with van der Waals surface area (Å²) in [7, 11) is 0. The van der Waals surface area contributed by atoms with Crippen molar-refractivity contribution < 1.29 is 19.4 Å². The molecule has 1 aliphatic rings. The molecule has 3 N–H and O–H groups in total. The lowest BCUT2D eigenvalue weighted by Crippen LogP contribution is -2.38. The predicted molar refractivity (Wildman–Crippen MR) is 78.5 cm³/mol. The van der Waals surface area contributed by atoms with Gasteiger partial charge in [-0.3, -0.25) is 9.69 Å². The first-order chi connectivity index (χ1) is 10.1. The average molecular weight is 294 g/mol. The van der Waals surface area contributed by atoms with Gasteiger partial charge in [0.15, 0.2) is 0 Å². The third kappa shape index (κ3) is 5.34. The van der Waals surface area contributed by atoms with Gasteiger partial charge in [0.1, 0.15) is 18.4 Å². The van der Waals surface area contributed by atoms with Crippen LogP contribution in [0.5, 0.6) is 5.75 Å². The Morgan fingerprint density at radius 2 is 2.00 bits per heavy atom. The zero-order chi connectivity index (χ0) is 15.1. The molecule has 0 bridgehead atoms. The van der Waals surface area contributed by atoms with Crippen LogP contribution >= 0.6 is 0 Å². The number of carbonyl (C=O) groups is 1. The van der Waals surface area contributed by atoms with Crippen LogP contribution in [0.1, 0.15) is 5.56 Å². The van der Waals surface area contributed by atoms with E-state index in [4.69, 9.17) is 20.3 Å². The summed E-state index contributed by atoms with van der Waals surface area (Å²) in [4.78, 5) is 13.0. The Kier molecular flexibility index (Phi) is 5.98. The Labute approximate surface area is 124 Å². The molecule has 0 saturated carbocycles. The molecule has 116 valence electrons. The highest BCUT2D eigenvalue weighted by Crippen LogP contribution is 2.13. The van der Waals surface area contributed by atoms with E-state index in [-0.39, 0.29) is 0 Å². The molecule has 6 nitrogen and oxygen atoms in total. The van der Waals surface area contributed by atoms with E-state index in [2.05, 4.69) is 4.90 Å². The molecular formula is C15H22N2O4. The molecule has 0 amide bonds. The second-order valence-corrected chi connectivity index (χ2v) is 5.10. The van der Waals surface area contributed by atoms with Crippen LogP contribution in [0.3, 0.4) is 0 Å². The molecule has 1 aromatic carbocycles. The minimum atomic E-state index is -0.985. The van der Waals surface area contributed by atoms with Crippen LogP contribution < -0.4 is 10.5 Å². The summed E-state index contributed by atoms with van der Waals surface area (Å²) in [5.41, 5.74) is 6.40. The Morgan fingerprint density at radius 1 is 1.33 bits per heavy atom. The van der Waals surface area contributed by atoms with Crippen molar-refractivity contribution in [1.82, 2.24) is 4.90 Å². The lowest BCUT2D eigenvalue weighted by Gasteiger charge is -2.26. The highest BCUT2D eigenvalue weighted by molar-refractivity contribution is 5.73. The number of rotatable bonds is 7. The van der Waals surface area contributed by atoms with Crippen LogP contribution in [-0.4, -0.2) is 61.5 Å². The summed E-state index contributed by atoms with van der Waals surface area (Å²) < 4.78 is 11.0. The standard InChI is InChI=1S/C15H22N2O4/c16-14(15(18)19)11-12-1-3-13(4-2-12)21-10-7-17-5-8-20-9-6-17/h1-4,14H,5-11,16H2,(H,18,19)/t14-/m1/s1. The molecule has 0 aromatic heterocycles. The SMILES string of the molecule is N[C@H](Cc1ccc(OCCN2CCOCC2)cc1)C(=O)O. The number of benzene rings is 1. The van der Waals surface area contributed by atoms with E-state index < -0.39 is 12.0 Å². The first-order valence-corrected chi connectivity index (χ1v) is 7.15. The first kappa shape index (κ1) is 15.8. The van der Waals surface area contributed by atoms with E-state index in [9.17, 15) is 4.79 Å². The normalized spacial score (nSPS) is 17.4. The average Bonchev–Trinajstić information content (AvgIpc) is 2.50. The number of nitrogens with zero attached hydrogens (tertiary/aromatic N) is 1. The maximum absolute atomic E-state index is 10.7. The van der Waals surface area contributed by atoms with Crippen molar-refractivity contribution in [1.29, 1.82) is 0 Å². The number of aliphatic carboxylic acids is 1. The van der Waals surface area contributed by atoms with E-state index >= 15 is 0 Å². The van der Waals surface area contributed by atoms with E-state index in [1.165, 1.54) is 0 Å². The molecule has 1 atom stereocenters.